The Morgan fingerprint density at radius 1 is 0.682 bits per heavy atom. The first kappa shape index (κ1) is 27.7. The fourth-order valence-electron chi connectivity index (χ4n) is 2.65. The summed E-state index contributed by atoms with van der Waals surface area (Å²) in [6, 6.07) is 0. The first-order valence-electron chi connectivity index (χ1n) is 8.99. The van der Waals surface area contributed by atoms with Gasteiger partial charge in [0.2, 0.25) is 0 Å². The van der Waals surface area contributed by atoms with Gasteiger partial charge in [0.25, 0.3) is 0 Å². The molecule has 22 heavy (non-hydrogen) atoms. The molecule has 0 aromatic carbocycles. The molecule has 0 saturated carbocycles. The molecule has 0 heterocycles. The molecular formula is C18H39NaO2S. The SMILES string of the molecule is CCCCCCCCCCCCCCCCCC(=O)O.S.[H-].[Na+]. The van der Waals surface area contributed by atoms with Crippen LogP contribution < -0.4 is 29.6 Å². The molecule has 0 radical (unpaired) electrons. The van der Waals surface area contributed by atoms with Crippen molar-refractivity contribution >= 4 is 19.5 Å². The summed E-state index contributed by atoms with van der Waals surface area (Å²) in [5.41, 5.74) is 0. The molecular weight excluding hydrogens is 303 g/mol. The van der Waals surface area contributed by atoms with E-state index in [1.54, 1.807) is 0 Å². The third kappa shape index (κ3) is 25.8. The minimum atomic E-state index is -0.653. The molecule has 0 aliphatic heterocycles. The Balaban J connectivity index is -0.000000602. The molecule has 0 amide bonds. The maximum Gasteiger partial charge on any atom is 1.00 e. The van der Waals surface area contributed by atoms with Gasteiger partial charge in [-0.15, -0.1) is 0 Å². The third-order valence-electron chi connectivity index (χ3n) is 3.99. The average molecular weight is 343 g/mol. The molecule has 0 aromatic heterocycles. The van der Waals surface area contributed by atoms with Crippen LogP contribution in [0.15, 0.2) is 0 Å². The first-order chi connectivity index (χ1) is 9.77. The molecule has 1 N–H and O–H groups in total. The molecule has 4 heteroatoms. The van der Waals surface area contributed by atoms with Crippen LogP contribution in [-0.4, -0.2) is 11.1 Å². The Morgan fingerprint density at radius 2 is 0.955 bits per heavy atom. The van der Waals surface area contributed by atoms with Gasteiger partial charge in [-0.25, -0.2) is 0 Å². The van der Waals surface area contributed by atoms with Crippen molar-refractivity contribution in [3.8, 4) is 0 Å². The van der Waals surface area contributed by atoms with Gasteiger partial charge in [0.1, 0.15) is 0 Å². The molecule has 0 atom stereocenters. The number of aliphatic carboxylic acids is 1. The average Bonchev–Trinajstić information content (AvgIpc) is 2.43. The fraction of sp³-hybridized carbons (Fsp3) is 0.944. The quantitative estimate of drug-likeness (QED) is 0.344. The van der Waals surface area contributed by atoms with Crippen molar-refractivity contribution in [3.05, 3.63) is 0 Å². The second-order valence-electron chi connectivity index (χ2n) is 6.09. The standard InChI is InChI=1S/C18H36O2.Na.H2S.H/c1-2-3-4-5-6-7-8-9-10-11-12-13-14-15-16-17-18(19)20;;;/h2-17H2,1H3,(H,19,20);;1H2;/q;+1;;-1. The van der Waals surface area contributed by atoms with Crippen LogP contribution in [0.2, 0.25) is 0 Å². The molecule has 0 aliphatic carbocycles. The Labute approximate surface area is 169 Å². The van der Waals surface area contributed by atoms with Crippen molar-refractivity contribution in [1.82, 2.24) is 0 Å². The van der Waals surface area contributed by atoms with E-state index in [4.69, 9.17) is 5.11 Å². The van der Waals surface area contributed by atoms with Crippen molar-refractivity contribution in [3.63, 3.8) is 0 Å². The Hall–Kier alpha value is 0.820. The van der Waals surface area contributed by atoms with Crippen molar-refractivity contribution in [2.45, 2.75) is 110 Å². The van der Waals surface area contributed by atoms with Crippen LogP contribution in [0.5, 0.6) is 0 Å². The van der Waals surface area contributed by atoms with E-state index in [-0.39, 0.29) is 44.5 Å². The molecule has 2 nitrogen and oxygen atoms in total. The van der Waals surface area contributed by atoms with Gasteiger partial charge in [-0.1, -0.05) is 96.8 Å². The molecule has 0 bridgehead atoms. The van der Waals surface area contributed by atoms with Gasteiger partial charge in [0.05, 0.1) is 0 Å². The monoisotopic (exact) mass is 342 g/mol. The largest absolute Gasteiger partial charge is 1.00 e. The van der Waals surface area contributed by atoms with E-state index >= 15 is 0 Å². The zero-order valence-electron chi connectivity index (χ0n) is 16.2. The zero-order valence-corrected chi connectivity index (χ0v) is 18.2. The summed E-state index contributed by atoms with van der Waals surface area (Å²) in [5.74, 6) is -0.653. The van der Waals surface area contributed by atoms with E-state index in [0.29, 0.717) is 6.42 Å². The smallest absolute Gasteiger partial charge is 1.00 e. The summed E-state index contributed by atoms with van der Waals surface area (Å²) in [6.45, 7) is 2.27. The second-order valence-corrected chi connectivity index (χ2v) is 6.09. The van der Waals surface area contributed by atoms with Gasteiger partial charge < -0.3 is 6.53 Å². The Bertz CT molecular complexity index is 219. The molecule has 0 aliphatic rings. The number of unbranched alkanes of at least 4 members (excludes halogenated alkanes) is 14. The van der Waals surface area contributed by atoms with E-state index < -0.39 is 5.97 Å². The second kappa shape index (κ2) is 24.1. The van der Waals surface area contributed by atoms with Gasteiger partial charge in [-0.2, -0.15) is 13.5 Å². The molecule has 130 valence electrons. The van der Waals surface area contributed by atoms with Crippen molar-refractivity contribution in [2.75, 3.05) is 0 Å². The minimum Gasteiger partial charge on any atom is -1.00 e. The minimum absolute atomic E-state index is 0. The van der Waals surface area contributed by atoms with E-state index in [0.717, 1.165) is 12.8 Å². The summed E-state index contributed by atoms with van der Waals surface area (Å²) in [7, 11) is 0. The number of hydrogen-bond donors (Lipinski definition) is 1. The maximum atomic E-state index is 10.3. The van der Waals surface area contributed by atoms with Crippen LogP contribution >= 0.6 is 13.5 Å². The number of carbonyl (C=O) groups is 1. The molecule has 0 saturated heterocycles. The summed E-state index contributed by atoms with van der Waals surface area (Å²) in [5, 5.41) is 8.52. The number of rotatable bonds is 16. The Kier molecular flexibility index (Phi) is 30.3. The molecule has 0 aromatic rings. The predicted molar refractivity (Wildman–Crippen MR) is 98.7 cm³/mol. The molecule has 0 rings (SSSR count). The van der Waals surface area contributed by atoms with E-state index in [1.807, 2.05) is 0 Å². The van der Waals surface area contributed by atoms with Crippen LogP contribution in [0.3, 0.4) is 0 Å². The summed E-state index contributed by atoms with van der Waals surface area (Å²) < 4.78 is 0. The van der Waals surface area contributed by atoms with Gasteiger partial charge in [0.15, 0.2) is 0 Å². The number of carboxylic acids is 1. The maximum absolute atomic E-state index is 10.3. The van der Waals surface area contributed by atoms with Crippen LogP contribution in [0.25, 0.3) is 0 Å². The van der Waals surface area contributed by atoms with Crippen molar-refractivity contribution in [1.29, 1.82) is 0 Å². The van der Waals surface area contributed by atoms with Crippen LogP contribution in [0.1, 0.15) is 111 Å². The van der Waals surface area contributed by atoms with Crippen molar-refractivity contribution < 1.29 is 40.9 Å². The molecule has 0 unspecified atom stereocenters. The zero-order chi connectivity index (χ0) is 14.9. The Morgan fingerprint density at radius 3 is 1.23 bits per heavy atom. The molecule has 0 spiro atoms. The summed E-state index contributed by atoms with van der Waals surface area (Å²) >= 11 is 0. The topological polar surface area (TPSA) is 37.3 Å². The van der Waals surface area contributed by atoms with Gasteiger partial charge >= 0.3 is 35.5 Å². The van der Waals surface area contributed by atoms with Crippen LogP contribution in [0.4, 0.5) is 0 Å². The van der Waals surface area contributed by atoms with Crippen LogP contribution in [-0.2, 0) is 4.79 Å². The van der Waals surface area contributed by atoms with Gasteiger partial charge in [-0.05, 0) is 6.42 Å². The van der Waals surface area contributed by atoms with Gasteiger partial charge in [0, 0.05) is 6.42 Å². The van der Waals surface area contributed by atoms with Gasteiger partial charge in [-0.3, -0.25) is 4.79 Å². The van der Waals surface area contributed by atoms with E-state index in [2.05, 4.69) is 6.92 Å². The fourth-order valence-corrected chi connectivity index (χ4v) is 2.65. The summed E-state index contributed by atoms with van der Waals surface area (Å²) in [4.78, 5) is 10.3. The van der Waals surface area contributed by atoms with E-state index in [9.17, 15) is 4.79 Å². The van der Waals surface area contributed by atoms with Crippen molar-refractivity contribution in [2.24, 2.45) is 0 Å². The third-order valence-corrected chi connectivity index (χ3v) is 3.99. The number of carboxylic acid groups (broad SMARTS) is 1. The normalized spacial score (nSPS) is 9.86. The summed E-state index contributed by atoms with van der Waals surface area (Å²) in [6.07, 6.45) is 20.2. The van der Waals surface area contributed by atoms with E-state index in [1.165, 1.54) is 83.5 Å². The number of hydrogen-bond acceptors (Lipinski definition) is 1. The van der Waals surface area contributed by atoms with Crippen LogP contribution in [0, 0.1) is 0 Å². The predicted octanol–water partition coefficient (Wildman–Crippen LogP) is 3.56. The first-order valence-corrected chi connectivity index (χ1v) is 8.99. The molecule has 0 fully saturated rings.